The molecule has 1 atom stereocenters. The molecule has 2 aromatic carbocycles. The smallest absolute Gasteiger partial charge is 0.251 e. The molecule has 0 aliphatic heterocycles. The SMILES string of the molecule is O=C(NCc1ccccc1)[C@@H](NS(=O)(=O)c1ccc(Br)s1)c1ccccc1. The standard InChI is InChI=1S/C19H17BrN2O3S2/c20-16-11-12-17(26-16)27(24,25)22-18(15-9-5-2-6-10-15)19(23)21-13-14-7-3-1-4-8-14/h1-12,18,22H,13H2,(H,21,23)/t18-/m0/s1. The van der Waals surface area contributed by atoms with Gasteiger partial charge in [-0.1, -0.05) is 60.7 Å². The lowest BCUT2D eigenvalue weighted by atomic mass is 10.1. The minimum Gasteiger partial charge on any atom is -0.350 e. The number of benzene rings is 2. The molecule has 140 valence electrons. The predicted molar refractivity (Wildman–Crippen MR) is 110 cm³/mol. The fraction of sp³-hybridized carbons (Fsp3) is 0.105. The molecule has 3 rings (SSSR count). The lowest BCUT2D eigenvalue weighted by Gasteiger charge is -2.18. The number of halogens is 1. The number of hydrogen-bond donors (Lipinski definition) is 2. The lowest BCUT2D eigenvalue weighted by Crippen LogP contribution is -2.39. The van der Waals surface area contributed by atoms with Crippen LogP contribution in [-0.4, -0.2) is 14.3 Å². The molecular formula is C19H17BrN2O3S2. The van der Waals surface area contributed by atoms with Crippen LogP contribution in [0, 0.1) is 0 Å². The van der Waals surface area contributed by atoms with Crippen LogP contribution in [0.3, 0.4) is 0 Å². The maximum absolute atomic E-state index is 12.8. The van der Waals surface area contributed by atoms with E-state index in [1.165, 1.54) is 6.07 Å². The summed E-state index contributed by atoms with van der Waals surface area (Å²) in [5.41, 5.74) is 1.50. The Kier molecular flexibility index (Phi) is 6.43. The highest BCUT2D eigenvalue weighted by Gasteiger charge is 2.28. The molecule has 8 heteroatoms. The zero-order valence-corrected chi connectivity index (χ0v) is 17.4. The molecule has 27 heavy (non-hydrogen) atoms. The summed E-state index contributed by atoms with van der Waals surface area (Å²) in [6.45, 7) is 0.315. The molecule has 1 amide bonds. The van der Waals surface area contributed by atoms with Crippen LogP contribution >= 0.6 is 27.3 Å². The minimum absolute atomic E-state index is 0.145. The quantitative estimate of drug-likeness (QED) is 0.557. The van der Waals surface area contributed by atoms with Gasteiger partial charge in [-0.2, -0.15) is 4.72 Å². The molecule has 0 saturated heterocycles. The van der Waals surface area contributed by atoms with Gasteiger partial charge in [0.25, 0.3) is 10.0 Å². The number of thiophene rings is 1. The third-order valence-corrected chi connectivity index (χ3v) is 7.33. The molecule has 0 spiro atoms. The number of nitrogens with one attached hydrogen (secondary N) is 2. The predicted octanol–water partition coefficient (Wildman–Crippen LogP) is 3.85. The molecule has 0 saturated carbocycles. The van der Waals surface area contributed by atoms with Crippen LogP contribution in [0.1, 0.15) is 17.2 Å². The van der Waals surface area contributed by atoms with Crippen LogP contribution < -0.4 is 10.0 Å². The molecule has 0 bridgehead atoms. The van der Waals surface area contributed by atoms with Gasteiger partial charge in [-0.25, -0.2) is 8.42 Å². The van der Waals surface area contributed by atoms with E-state index in [-0.39, 0.29) is 4.21 Å². The van der Waals surface area contributed by atoms with Gasteiger partial charge in [0.15, 0.2) is 0 Å². The molecule has 0 radical (unpaired) electrons. The van der Waals surface area contributed by atoms with Gasteiger partial charge in [0.1, 0.15) is 10.3 Å². The van der Waals surface area contributed by atoms with E-state index in [0.29, 0.717) is 15.9 Å². The van der Waals surface area contributed by atoms with Crippen LogP contribution in [-0.2, 0) is 21.4 Å². The molecule has 0 fully saturated rings. The fourth-order valence-electron chi connectivity index (χ4n) is 2.46. The van der Waals surface area contributed by atoms with E-state index in [2.05, 4.69) is 26.0 Å². The Balaban J connectivity index is 1.82. The van der Waals surface area contributed by atoms with Crippen LogP contribution in [0.25, 0.3) is 0 Å². The van der Waals surface area contributed by atoms with E-state index in [0.717, 1.165) is 16.9 Å². The summed E-state index contributed by atoms with van der Waals surface area (Å²) in [4.78, 5) is 12.8. The van der Waals surface area contributed by atoms with Crippen molar-refractivity contribution in [3.63, 3.8) is 0 Å². The first kappa shape index (κ1) is 19.8. The molecule has 0 aliphatic carbocycles. The first-order valence-corrected chi connectivity index (χ1v) is 11.2. The second kappa shape index (κ2) is 8.79. The summed E-state index contributed by atoms with van der Waals surface area (Å²) in [6.07, 6.45) is 0. The van der Waals surface area contributed by atoms with E-state index in [1.54, 1.807) is 30.3 Å². The summed E-state index contributed by atoms with van der Waals surface area (Å²) in [5, 5.41) is 2.81. The molecule has 2 N–H and O–H groups in total. The number of amides is 1. The largest absolute Gasteiger partial charge is 0.350 e. The number of carbonyl (C=O) groups is 1. The van der Waals surface area contributed by atoms with Crippen LogP contribution in [0.2, 0.25) is 0 Å². The first-order valence-electron chi connectivity index (χ1n) is 8.10. The van der Waals surface area contributed by atoms with Crippen molar-refractivity contribution in [2.75, 3.05) is 0 Å². The zero-order chi connectivity index (χ0) is 19.3. The maximum Gasteiger partial charge on any atom is 0.251 e. The summed E-state index contributed by atoms with van der Waals surface area (Å²) in [5.74, 6) is -0.413. The van der Waals surface area contributed by atoms with E-state index in [1.807, 2.05) is 36.4 Å². The fourth-order valence-corrected chi connectivity index (χ4v) is 5.67. The molecule has 0 aliphatic rings. The Morgan fingerprint density at radius 3 is 2.19 bits per heavy atom. The van der Waals surface area contributed by atoms with Gasteiger partial charge in [0, 0.05) is 6.54 Å². The van der Waals surface area contributed by atoms with Gasteiger partial charge in [0.05, 0.1) is 3.79 Å². The summed E-state index contributed by atoms with van der Waals surface area (Å²) in [7, 11) is -3.84. The van der Waals surface area contributed by atoms with E-state index in [4.69, 9.17) is 0 Å². The van der Waals surface area contributed by atoms with Crippen molar-refractivity contribution in [2.45, 2.75) is 16.8 Å². The Hall–Kier alpha value is -2.00. The molecule has 5 nitrogen and oxygen atoms in total. The van der Waals surface area contributed by atoms with Gasteiger partial charge in [-0.3, -0.25) is 4.79 Å². The third kappa shape index (κ3) is 5.26. The van der Waals surface area contributed by atoms with Crippen LogP contribution in [0.4, 0.5) is 0 Å². The van der Waals surface area contributed by atoms with Gasteiger partial charge >= 0.3 is 0 Å². The topological polar surface area (TPSA) is 75.3 Å². The van der Waals surface area contributed by atoms with Crippen LogP contribution in [0.5, 0.6) is 0 Å². The third-order valence-electron chi connectivity index (χ3n) is 3.79. The number of sulfonamides is 1. The van der Waals surface area contributed by atoms with E-state index >= 15 is 0 Å². The van der Waals surface area contributed by atoms with Gasteiger partial charge < -0.3 is 5.32 Å². The van der Waals surface area contributed by atoms with Gasteiger partial charge in [-0.15, -0.1) is 11.3 Å². The second-order valence-electron chi connectivity index (χ2n) is 5.73. The minimum atomic E-state index is -3.84. The Labute approximate surface area is 170 Å². The van der Waals surface area contributed by atoms with Crippen molar-refractivity contribution in [1.82, 2.24) is 10.0 Å². The van der Waals surface area contributed by atoms with Crippen molar-refractivity contribution in [3.8, 4) is 0 Å². The van der Waals surface area contributed by atoms with Crippen molar-refractivity contribution in [1.29, 1.82) is 0 Å². The monoisotopic (exact) mass is 464 g/mol. The molecule has 3 aromatic rings. The average molecular weight is 465 g/mol. The zero-order valence-electron chi connectivity index (χ0n) is 14.1. The Bertz CT molecular complexity index is 1010. The highest BCUT2D eigenvalue weighted by atomic mass is 79.9. The molecule has 1 aromatic heterocycles. The number of carbonyl (C=O) groups excluding carboxylic acids is 1. The highest BCUT2D eigenvalue weighted by Crippen LogP contribution is 2.27. The summed E-state index contributed by atoms with van der Waals surface area (Å²) < 4.78 is 28.8. The van der Waals surface area contributed by atoms with Crippen molar-refractivity contribution in [2.24, 2.45) is 0 Å². The van der Waals surface area contributed by atoms with E-state index < -0.39 is 22.0 Å². The second-order valence-corrected chi connectivity index (χ2v) is 10.1. The van der Waals surface area contributed by atoms with Crippen LogP contribution in [0.15, 0.2) is 80.8 Å². The van der Waals surface area contributed by atoms with Gasteiger partial charge in [0.2, 0.25) is 5.91 Å². The Morgan fingerprint density at radius 2 is 1.59 bits per heavy atom. The molecule has 1 heterocycles. The summed E-state index contributed by atoms with van der Waals surface area (Å²) in [6, 6.07) is 20.4. The normalized spacial score (nSPS) is 12.5. The highest BCUT2D eigenvalue weighted by molar-refractivity contribution is 9.11. The van der Waals surface area contributed by atoms with Gasteiger partial charge in [-0.05, 0) is 39.2 Å². The van der Waals surface area contributed by atoms with Crippen molar-refractivity contribution < 1.29 is 13.2 Å². The summed E-state index contributed by atoms with van der Waals surface area (Å²) >= 11 is 4.35. The molecular weight excluding hydrogens is 448 g/mol. The average Bonchev–Trinajstić information content (AvgIpc) is 3.13. The first-order chi connectivity index (χ1) is 13.0. The Morgan fingerprint density at radius 1 is 0.963 bits per heavy atom. The molecule has 0 unspecified atom stereocenters. The number of rotatable bonds is 7. The van der Waals surface area contributed by atoms with Crippen molar-refractivity contribution >= 4 is 43.2 Å². The lowest BCUT2D eigenvalue weighted by molar-refractivity contribution is -0.123. The van der Waals surface area contributed by atoms with E-state index in [9.17, 15) is 13.2 Å². The number of hydrogen-bond acceptors (Lipinski definition) is 4. The maximum atomic E-state index is 12.8. The van der Waals surface area contributed by atoms with Crippen molar-refractivity contribution in [3.05, 3.63) is 87.7 Å².